The Kier molecular flexibility index (Phi) is 7.17. The molecule has 9 heteroatoms. The summed E-state index contributed by atoms with van der Waals surface area (Å²) >= 11 is 0. The number of imidazole rings is 1. The summed E-state index contributed by atoms with van der Waals surface area (Å²) in [6.07, 6.45) is 5.18. The smallest absolute Gasteiger partial charge is 0.264 e. The van der Waals surface area contributed by atoms with E-state index in [4.69, 9.17) is 4.74 Å². The van der Waals surface area contributed by atoms with Crippen molar-refractivity contribution in [1.29, 1.82) is 0 Å². The van der Waals surface area contributed by atoms with Crippen LogP contribution in [0.15, 0.2) is 96.4 Å². The number of methoxy groups -OCH3 is 1. The van der Waals surface area contributed by atoms with Crippen molar-refractivity contribution in [2.45, 2.75) is 18.4 Å². The summed E-state index contributed by atoms with van der Waals surface area (Å²) in [4.78, 5) is 17.1. The molecule has 3 aromatic carbocycles. The number of carbonyl (C=O) groups is 1. The largest absolute Gasteiger partial charge is 0.497 e. The van der Waals surface area contributed by atoms with Crippen LogP contribution in [0.2, 0.25) is 0 Å². The maximum Gasteiger partial charge on any atom is 0.264 e. The molecule has 0 saturated carbocycles. The summed E-state index contributed by atoms with van der Waals surface area (Å²) in [5.74, 6) is 0.114. The Labute approximate surface area is 204 Å². The fourth-order valence-electron chi connectivity index (χ4n) is 3.59. The SMILES string of the molecule is COc1ccc(S(=O)(=O)N(CC(=O)NCc2ccccc2-n2ccnc2)c2ccc(C)cc2)cc1. The molecule has 0 saturated heterocycles. The zero-order valence-electron chi connectivity index (χ0n) is 19.5. The van der Waals surface area contributed by atoms with Gasteiger partial charge in [0.1, 0.15) is 12.3 Å². The summed E-state index contributed by atoms with van der Waals surface area (Å²) in [6, 6.07) is 20.7. The van der Waals surface area contributed by atoms with Crippen molar-refractivity contribution < 1.29 is 17.9 Å². The number of sulfonamides is 1. The molecule has 0 spiro atoms. The highest BCUT2D eigenvalue weighted by atomic mass is 32.2. The van der Waals surface area contributed by atoms with Gasteiger partial charge in [-0.2, -0.15) is 0 Å². The lowest BCUT2D eigenvalue weighted by atomic mass is 10.1. The molecule has 0 bridgehead atoms. The molecule has 1 aromatic heterocycles. The van der Waals surface area contributed by atoms with Gasteiger partial charge in [-0.3, -0.25) is 9.10 Å². The van der Waals surface area contributed by atoms with Gasteiger partial charge in [-0.05, 0) is 55.0 Å². The second-order valence-corrected chi connectivity index (χ2v) is 9.76. The number of ether oxygens (including phenoxy) is 1. The quantitative estimate of drug-likeness (QED) is 0.386. The van der Waals surface area contributed by atoms with E-state index in [0.29, 0.717) is 11.4 Å². The number of aromatic nitrogens is 2. The predicted molar refractivity (Wildman–Crippen MR) is 134 cm³/mol. The minimum Gasteiger partial charge on any atom is -0.497 e. The number of rotatable bonds is 9. The van der Waals surface area contributed by atoms with Crippen LogP contribution >= 0.6 is 0 Å². The molecular weight excluding hydrogens is 464 g/mol. The molecule has 0 radical (unpaired) electrons. The van der Waals surface area contributed by atoms with Gasteiger partial charge in [0.15, 0.2) is 0 Å². The van der Waals surface area contributed by atoms with Crippen LogP contribution in [0.5, 0.6) is 5.75 Å². The Balaban J connectivity index is 1.57. The fraction of sp³-hybridized carbons (Fsp3) is 0.154. The number of anilines is 1. The summed E-state index contributed by atoms with van der Waals surface area (Å²) in [7, 11) is -2.50. The van der Waals surface area contributed by atoms with Crippen molar-refractivity contribution in [3.05, 3.63) is 103 Å². The van der Waals surface area contributed by atoms with Crippen LogP contribution in [-0.2, 0) is 21.4 Å². The molecule has 1 heterocycles. The molecule has 1 amide bonds. The van der Waals surface area contributed by atoms with Crippen molar-refractivity contribution >= 4 is 21.6 Å². The number of aryl methyl sites for hydroxylation is 1. The molecule has 0 atom stereocenters. The van der Waals surface area contributed by atoms with Crippen molar-refractivity contribution in [2.24, 2.45) is 0 Å². The number of nitrogens with zero attached hydrogens (tertiary/aromatic N) is 3. The minimum absolute atomic E-state index is 0.0668. The van der Waals surface area contributed by atoms with Gasteiger partial charge in [0.2, 0.25) is 5.91 Å². The van der Waals surface area contributed by atoms with E-state index in [9.17, 15) is 13.2 Å². The van der Waals surface area contributed by atoms with Crippen LogP contribution < -0.4 is 14.4 Å². The average molecular weight is 491 g/mol. The van der Waals surface area contributed by atoms with Crippen LogP contribution in [0.4, 0.5) is 5.69 Å². The van der Waals surface area contributed by atoms with E-state index in [1.54, 1.807) is 36.8 Å². The molecule has 0 unspecified atom stereocenters. The van der Waals surface area contributed by atoms with Crippen LogP contribution in [0.1, 0.15) is 11.1 Å². The lowest BCUT2D eigenvalue weighted by Crippen LogP contribution is -2.40. The van der Waals surface area contributed by atoms with Crippen LogP contribution in [0.25, 0.3) is 5.69 Å². The van der Waals surface area contributed by atoms with Crippen molar-refractivity contribution in [3.63, 3.8) is 0 Å². The van der Waals surface area contributed by atoms with E-state index < -0.39 is 15.9 Å². The van der Waals surface area contributed by atoms with E-state index in [2.05, 4.69) is 10.3 Å². The maximum absolute atomic E-state index is 13.5. The topological polar surface area (TPSA) is 93.5 Å². The first-order chi connectivity index (χ1) is 16.9. The summed E-state index contributed by atoms with van der Waals surface area (Å²) < 4.78 is 35.2. The third-order valence-electron chi connectivity index (χ3n) is 5.51. The molecule has 0 fully saturated rings. The van der Waals surface area contributed by atoms with E-state index in [1.807, 2.05) is 54.1 Å². The third kappa shape index (κ3) is 5.52. The Morgan fingerprint density at radius 3 is 2.40 bits per heavy atom. The van der Waals surface area contributed by atoms with Crippen LogP contribution in [-0.4, -0.2) is 37.5 Å². The number of amides is 1. The van der Waals surface area contributed by atoms with Gasteiger partial charge in [-0.25, -0.2) is 13.4 Å². The van der Waals surface area contributed by atoms with Crippen molar-refractivity contribution in [3.8, 4) is 11.4 Å². The Bertz CT molecular complexity index is 1380. The molecular formula is C26H26N4O4S. The monoisotopic (exact) mass is 490 g/mol. The van der Waals surface area contributed by atoms with E-state index in [-0.39, 0.29) is 18.0 Å². The molecule has 0 aliphatic heterocycles. The average Bonchev–Trinajstić information content (AvgIpc) is 3.42. The highest BCUT2D eigenvalue weighted by molar-refractivity contribution is 7.92. The molecule has 1 N–H and O–H groups in total. The molecule has 0 aliphatic carbocycles. The number of benzene rings is 3. The first-order valence-electron chi connectivity index (χ1n) is 10.9. The number of nitrogens with one attached hydrogen (secondary N) is 1. The zero-order chi connectivity index (χ0) is 24.8. The first-order valence-corrected chi connectivity index (χ1v) is 12.4. The lowest BCUT2D eigenvalue weighted by molar-refractivity contribution is -0.119. The highest BCUT2D eigenvalue weighted by Crippen LogP contribution is 2.25. The van der Waals surface area contributed by atoms with Gasteiger partial charge in [-0.15, -0.1) is 0 Å². The fourth-order valence-corrected chi connectivity index (χ4v) is 5.02. The van der Waals surface area contributed by atoms with Gasteiger partial charge >= 0.3 is 0 Å². The minimum atomic E-state index is -4.01. The van der Waals surface area contributed by atoms with Gasteiger partial charge in [0.05, 0.1) is 29.7 Å². The van der Waals surface area contributed by atoms with Crippen molar-refractivity contribution in [2.75, 3.05) is 18.0 Å². The van der Waals surface area contributed by atoms with Gasteiger partial charge in [0, 0.05) is 18.9 Å². The maximum atomic E-state index is 13.5. The second kappa shape index (κ2) is 10.4. The Morgan fingerprint density at radius 1 is 1.03 bits per heavy atom. The normalized spacial score (nSPS) is 11.1. The lowest BCUT2D eigenvalue weighted by Gasteiger charge is -2.24. The van der Waals surface area contributed by atoms with Crippen LogP contribution in [0, 0.1) is 6.92 Å². The first kappa shape index (κ1) is 24.0. The predicted octanol–water partition coefficient (Wildman–Crippen LogP) is 3.70. The number of hydrogen-bond acceptors (Lipinski definition) is 5. The molecule has 35 heavy (non-hydrogen) atoms. The number of carbonyl (C=O) groups excluding carboxylic acids is 1. The summed E-state index contributed by atoms with van der Waals surface area (Å²) in [6.45, 7) is 1.78. The highest BCUT2D eigenvalue weighted by Gasteiger charge is 2.27. The zero-order valence-corrected chi connectivity index (χ0v) is 20.3. The number of para-hydroxylation sites is 1. The van der Waals surface area contributed by atoms with E-state index in [0.717, 1.165) is 21.1 Å². The van der Waals surface area contributed by atoms with Gasteiger partial charge in [0.25, 0.3) is 10.0 Å². The molecule has 4 rings (SSSR count). The molecule has 180 valence electrons. The Hall–Kier alpha value is -4.11. The number of hydrogen-bond donors (Lipinski definition) is 1. The van der Waals surface area contributed by atoms with E-state index >= 15 is 0 Å². The van der Waals surface area contributed by atoms with Crippen LogP contribution in [0.3, 0.4) is 0 Å². The van der Waals surface area contributed by atoms with Crippen molar-refractivity contribution in [1.82, 2.24) is 14.9 Å². The summed E-state index contributed by atoms with van der Waals surface area (Å²) in [5.41, 5.74) is 3.14. The van der Waals surface area contributed by atoms with Gasteiger partial charge in [-0.1, -0.05) is 35.9 Å². The molecule has 8 nitrogen and oxygen atoms in total. The third-order valence-corrected chi connectivity index (χ3v) is 7.29. The standard InChI is InChI=1S/C26H26N4O4S/c1-20-7-9-22(10-8-20)30(35(32,33)24-13-11-23(34-2)12-14-24)18-26(31)28-17-21-5-3-4-6-25(21)29-16-15-27-19-29/h3-16,19H,17-18H2,1-2H3,(H,28,31). The van der Waals surface area contributed by atoms with Gasteiger partial charge < -0.3 is 14.6 Å². The molecule has 0 aliphatic rings. The molecule has 4 aromatic rings. The summed E-state index contributed by atoms with van der Waals surface area (Å²) in [5, 5.41) is 2.86. The second-order valence-electron chi connectivity index (χ2n) is 7.90. The van der Waals surface area contributed by atoms with E-state index in [1.165, 1.54) is 19.2 Å². The Morgan fingerprint density at radius 2 is 1.74 bits per heavy atom.